The first-order chi connectivity index (χ1) is 10.1. The van der Waals surface area contributed by atoms with Crippen LogP contribution in [0.15, 0.2) is 34.8 Å². The highest BCUT2D eigenvalue weighted by Crippen LogP contribution is 2.50. The van der Waals surface area contributed by atoms with Gasteiger partial charge in [0.1, 0.15) is 0 Å². The molecule has 3 N–H and O–H groups in total. The van der Waals surface area contributed by atoms with Gasteiger partial charge >= 0.3 is 0 Å². The van der Waals surface area contributed by atoms with E-state index in [1.807, 2.05) is 18.7 Å². The van der Waals surface area contributed by atoms with Gasteiger partial charge in [-0.2, -0.15) is 5.10 Å². The van der Waals surface area contributed by atoms with Crippen LogP contribution in [0.5, 0.6) is 0 Å². The molecule has 4 nitrogen and oxygen atoms in total. The molecular formula is C16H21BrN4. The number of benzene rings is 1. The van der Waals surface area contributed by atoms with Crippen LogP contribution in [0.25, 0.3) is 0 Å². The van der Waals surface area contributed by atoms with E-state index in [4.69, 9.17) is 5.84 Å². The molecule has 1 aliphatic carbocycles. The van der Waals surface area contributed by atoms with Crippen LogP contribution in [-0.4, -0.2) is 15.8 Å². The number of hydrogen-bond acceptors (Lipinski definition) is 3. The number of halogens is 1. The van der Waals surface area contributed by atoms with Crippen molar-refractivity contribution >= 4 is 15.9 Å². The predicted molar refractivity (Wildman–Crippen MR) is 87.8 cm³/mol. The molecule has 1 aromatic heterocycles. The molecule has 1 saturated carbocycles. The van der Waals surface area contributed by atoms with Crippen molar-refractivity contribution in [1.29, 1.82) is 0 Å². The van der Waals surface area contributed by atoms with Crippen LogP contribution in [0.1, 0.15) is 29.3 Å². The average Bonchev–Trinajstić information content (AvgIpc) is 3.24. The Morgan fingerprint density at radius 2 is 2.14 bits per heavy atom. The molecule has 0 bridgehead atoms. The third-order valence-electron chi connectivity index (χ3n) is 4.47. The summed E-state index contributed by atoms with van der Waals surface area (Å²) in [5.41, 5.74) is 6.66. The lowest BCUT2D eigenvalue weighted by Crippen LogP contribution is -2.39. The maximum absolute atomic E-state index is 5.81. The summed E-state index contributed by atoms with van der Waals surface area (Å²) in [5, 5.41) is 4.46. The molecule has 1 aliphatic rings. The van der Waals surface area contributed by atoms with E-state index in [1.54, 1.807) is 0 Å². The first kappa shape index (κ1) is 14.8. The number of nitrogens with two attached hydrogens (primary N) is 1. The van der Waals surface area contributed by atoms with Crippen molar-refractivity contribution in [1.82, 2.24) is 15.2 Å². The van der Waals surface area contributed by atoms with E-state index in [0.29, 0.717) is 11.8 Å². The number of hydrogen-bond donors (Lipinski definition) is 2. The Bertz CT molecular complexity index is 623. The highest BCUT2D eigenvalue weighted by atomic mass is 79.9. The van der Waals surface area contributed by atoms with Gasteiger partial charge in [0.05, 0.1) is 15.9 Å². The minimum Gasteiger partial charge on any atom is -0.271 e. The molecular weight excluding hydrogens is 328 g/mol. The van der Waals surface area contributed by atoms with Gasteiger partial charge in [-0.3, -0.25) is 16.0 Å². The normalized spacial score (nSPS) is 22.3. The Labute approximate surface area is 133 Å². The topological polar surface area (TPSA) is 55.9 Å². The lowest BCUT2D eigenvalue weighted by molar-refractivity contribution is 0.452. The first-order valence-electron chi connectivity index (χ1n) is 7.31. The molecule has 0 spiro atoms. The molecule has 1 aromatic carbocycles. The lowest BCUT2D eigenvalue weighted by Gasteiger charge is -2.16. The van der Waals surface area contributed by atoms with Gasteiger partial charge in [0.15, 0.2) is 0 Å². The maximum atomic E-state index is 5.81. The number of hydrazine groups is 1. The zero-order valence-corrected chi connectivity index (χ0v) is 14.0. The van der Waals surface area contributed by atoms with Crippen LogP contribution in [0.2, 0.25) is 0 Å². The van der Waals surface area contributed by atoms with Gasteiger partial charge in [-0.25, -0.2) is 0 Å². The van der Waals surface area contributed by atoms with Gasteiger partial charge in [0, 0.05) is 19.5 Å². The third kappa shape index (κ3) is 2.91. The fourth-order valence-corrected chi connectivity index (χ4v) is 3.68. The molecule has 0 saturated heterocycles. The molecule has 21 heavy (non-hydrogen) atoms. The summed E-state index contributed by atoms with van der Waals surface area (Å²) >= 11 is 3.64. The second kappa shape index (κ2) is 5.91. The molecule has 112 valence electrons. The molecule has 0 amide bonds. The molecule has 2 aromatic rings. The van der Waals surface area contributed by atoms with Crippen LogP contribution in [-0.2, 0) is 13.5 Å². The fraction of sp³-hybridized carbons (Fsp3) is 0.438. The van der Waals surface area contributed by atoms with Crippen molar-refractivity contribution in [2.24, 2.45) is 18.8 Å². The van der Waals surface area contributed by atoms with Crippen molar-refractivity contribution in [3.05, 3.63) is 51.8 Å². The minimum absolute atomic E-state index is 0.279. The highest BCUT2D eigenvalue weighted by molar-refractivity contribution is 9.10. The van der Waals surface area contributed by atoms with Gasteiger partial charge < -0.3 is 0 Å². The summed E-state index contributed by atoms with van der Waals surface area (Å²) < 4.78 is 3.05. The molecule has 0 aliphatic heterocycles. The molecule has 3 rings (SSSR count). The lowest BCUT2D eigenvalue weighted by atomic mass is 10.0. The van der Waals surface area contributed by atoms with Crippen LogP contribution >= 0.6 is 15.9 Å². The molecule has 0 radical (unpaired) electrons. The highest BCUT2D eigenvalue weighted by Gasteiger charge is 2.43. The second-order valence-corrected chi connectivity index (χ2v) is 6.66. The quantitative estimate of drug-likeness (QED) is 0.645. The zero-order chi connectivity index (χ0) is 15.0. The average molecular weight is 349 g/mol. The monoisotopic (exact) mass is 348 g/mol. The van der Waals surface area contributed by atoms with Crippen LogP contribution in [0.4, 0.5) is 0 Å². The fourth-order valence-electron chi connectivity index (χ4n) is 3.19. The summed E-state index contributed by atoms with van der Waals surface area (Å²) in [6, 6.07) is 11.0. The molecule has 1 fully saturated rings. The van der Waals surface area contributed by atoms with Crippen LogP contribution in [0.3, 0.4) is 0 Å². The number of nitrogens with zero attached hydrogens (tertiary/aromatic N) is 2. The Hall–Kier alpha value is -1.17. The van der Waals surface area contributed by atoms with E-state index in [2.05, 4.69) is 56.8 Å². The second-order valence-electron chi connectivity index (χ2n) is 5.86. The van der Waals surface area contributed by atoms with Gasteiger partial charge in [-0.1, -0.05) is 30.3 Å². The Morgan fingerprint density at radius 3 is 2.71 bits per heavy atom. The Morgan fingerprint density at radius 1 is 1.43 bits per heavy atom. The largest absolute Gasteiger partial charge is 0.271 e. The van der Waals surface area contributed by atoms with E-state index >= 15 is 0 Å². The standard InChI is InChI=1S/C16H21BrN4/c1-10-16(17)15(21(2)20-10)9-14(19-18)13-8-12(13)11-6-4-3-5-7-11/h3-7,12-14,19H,8-9,18H2,1-2H3. The number of aromatic nitrogens is 2. The SMILES string of the molecule is Cc1nn(C)c(CC(NN)C2CC2c2ccccc2)c1Br. The summed E-state index contributed by atoms with van der Waals surface area (Å²) in [6.45, 7) is 2.02. The van der Waals surface area contributed by atoms with Crippen molar-refractivity contribution in [3.8, 4) is 0 Å². The summed E-state index contributed by atoms with van der Waals surface area (Å²) in [7, 11) is 1.99. The van der Waals surface area contributed by atoms with Gasteiger partial charge in [-0.05, 0) is 46.7 Å². The predicted octanol–water partition coefficient (Wildman–Crippen LogP) is 2.67. The third-order valence-corrected chi connectivity index (χ3v) is 5.50. The molecule has 1 heterocycles. The van der Waals surface area contributed by atoms with Crippen LogP contribution < -0.4 is 11.3 Å². The van der Waals surface area contributed by atoms with Gasteiger partial charge in [0.25, 0.3) is 0 Å². The van der Waals surface area contributed by atoms with Crippen molar-refractivity contribution in [2.45, 2.75) is 31.7 Å². The van der Waals surface area contributed by atoms with Gasteiger partial charge in [0.2, 0.25) is 0 Å². The van der Waals surface area contributed by atoms with Crippen molar-refractivity contribution in [3.63, 3.8) is 0 Å². The van der Waals surface area contributed by atoms with Crippen molar-refractivity contribution in [2.75, 3.05) is 0 Å². The molecule has 3 unspecified atom stereocenters. The van der Waals surface area contributed by atoms with Crippen LogP contribution in [0, 0.1) is 12.8 Å². The Balaban J connectivity index is 1.73. The van der Waals surface area contributed by atoms with E-state index in [-0.39, 0.29) is 6.04 Å². The van der Waals surface area contributed by atoms with E-state index < -0.39 is 0 Å². The molecule has 5 heteroatoms. The zero-order valence-electron chi connectivity index (χ0n) is 12.4. The number of nitrogens with one attached hydrogen (secondary N) is 1. The maximum Gasteiger partial charge on any atom is 0.0738 e. The first-order valence-corrected chi connectivity index (χ1v) is 8.10. The Kier molecular flexibility index (Phi) is 4.15. The number of aryl methyl sites for hydroxylation is 2. The van der Waals surface area contributed by atoms with Crippen molar-refractivity contribution < 1.29 is 0 Å². The van der Waals surface area contributed by atoms with E-state index in [1.165, 1.54) is 17.7 Å². The smallest absolute Gasteiger partial charge is 0.0738 e. The van der Waals surface area contributed by atoms with E-state index in [0.717, 1.165) is 16.6 Å². The summed E-state index contributed by atoms with van der Waals surface area (Å²) in [4.78, 5) is 0. The minimum atomic E-state index is 0.279. The molecule has 3 atom stereocenters. The van der Waals surface area contributed by atoms with Gasteiger partial charge in [-0.15, -0.1) is 0 Å². The summed E-state index contributed by atoms with van der Waals surface area (Å²) in [5.74, 6) is 7.04. The van der Waals surface area contributed by atoms with E-state index in [9.17, 15) is 0 Å². The number of rotatable bonds is 5. The summed E-state index contributed by atoms with van der Waals surface area (Å²) in [6.07, 6.45) is 2.09.